The summed E-state index contributed by atoms with van der Waals surface area (Å²) in [4.78, 5) is 27.5. The topological polar surface area (TPSA) is 55.7 Å². The van der Waals surface area contributed by atoms with E-state index in [2.05, 4.69) is 16.9 Å². The predicted molar refractivity (Wildman–Crippen MR) is 122 cm³/mol. The maximum absolute atomic E-state index is 13.8. The SMILES string of the molecule is CCc1sc(-c2ccc(C)nc2)nc1-c1ccc(CC(=O)c2cccc(F)c2C)nc1. The number of benzene rings is 1. The van der Waals surface area contributed by atoms with Gasteiger partial charge in [-0.2, -0.15) is 0 Å². The summed E-state index contributed by atoms with van der Waals surface area (Å²) in [5.74, 6) is -0.515. The molecule has 0 aliphatic carbocycles. The minimum Gasteiger partial charge on any atom is -0.294 e. The molecule has 0 unspecified atom stereocenters. The number of aromatic nitrogens is 3. The van der Waals surface area contributed by atoms with Crippen molar-refractivity contribution in [2.75, 3.05) is 0 Å². The van der Waals surface area contributed by atoms with Crippen molar-refractivity contribution in [2.24, 2.45) is 0 Å². The second-order valence-electron chi connectivity index (χ2n) is 7.38. The number of hydrogen-bond acceptors (Lipinski definition) is 5. The summed E-state index contributed by atoms with van der Waals surface area (Å²) < 4.78 is 13.8. The van der Waals surface area contributed by atoms with Gasteiger partial charge < -0.3 is 0 Å². The molecule has 0 atom stereocenters. The Kier molecular flexibility index (Phi) is 6.00. The van der Waals surface area contributed by atoms with E-state index in [9.17, 15) is 9.18 Å². The van der Waals surface area contributed by atoms with Crippen molar-refractivity contribution in [2.45, 2.75) is 33.6 Å². The smallest absolute Gasteiger partial charge is 0.169 e. The number of carbonyl (C=O) groups excluding carboxylic acids is 1. The molecule has 0 saturated heterocycles. The molecule has 31 heavy (non-hydrogen) atoms. The van der Waals surface area contributed by atoms with Crippen LogP contribution in [0.3, 0.4) is 0 Å². The average molecular weight is 432 g/mol. The van der Waals surface area contributed by atoms with E-state index in [1.165, 1.54) is 10.9 Å². The van der Waals surface area contributed by atoms with Crippen molar-refractivity contribution in [3.63, 3.8) is 0 Å². The van der Waals surface area contributed by atoms with Gasteiger partial charge in [-0.3, -0.25) is 14.8 Å². The molecule has 0 aliphatic rings. The maximum Gasteiger partial charge on any atom is 0.169 e. The highest BCUT2D eigenvalue weighted by molar-refractivity contribution is 7.15. The molecule has 1 aromatic carbocycles. The van der Waals surface area contributed by atoms with E-state index in [1.807, 2.05) is 37.4 Å². The number of nitrogens with zero attached hydrogens (tertiary/aromatic N) is 3. The van der Waals surface area contributed by atoms with Gasteiger partial charge in [0.15, 0.2) is 5.78 Å². The van der Waals surface area contributed by atoms with Crippen LogP contribution in [0.25, 0.3) is 21.8 Å². The van der Waals surface area contributed by atoms with E-state index in [1.54, 1.807) is 36.6 Å². The second kappa shape index (κ2) is 8.86. The molecule has 4 aromatic rings. The molecule has 0 radical (unpaired) electrons. The molecule has 156 valence electrons. The van der Waals surface area contributed by atoms with Gasteiger partial charge in [0.1, 0.15) is 10.8 Å². The molecule has 0 N–H and O–H groups in total. The summed E-state index contributed by atoms with van der Waals surface area (Å²) in [7, 11) is 0. The number of aryl methyl sites for hydroxylation is 2. The Labute approximate surface area is 184 Å². The lowest BCUT2D eigenvalue weighted by Crippen LogP contribution is -2.08. The summed E-state index contributed by atoms with van der Waals surface area (Å²) >= 11 is 1.66. The lowest BCUT2D eigenvalue weighted by Gasteiger charge is -2.06. The molecule has 3 aromatic heterocycles. The van der Waals surface area contributed by atoms with E-state index in [4.69, 9.17) is 4.98 Å². The number of carbonyl (C=O) groups is 1. The monoisotopic (exact) mass is 431 g/mol. The standard InChI is InChI=1S/C25H22FN3OS/c1-4-23-24(29-25(31-23)18-9-8-15(2)27-14-18)17-10-11-19(28-13-17)12-22(30)20-6-5-7-21(26)16(20)3/h5-11,13-14H,4,12H2,1-3H3. The molecule has 4 rings (SSSR count). The maximum atomic E-state index is 13.8. The molecule has 0 aliphatic heterocycles. The van der Waals surface area contributed by atoms with Gasteiger partial charge in [0.25, 0.3) is 0 Å². The van der Waals surface area contributed by atoms with Gasteiger partial charge in [0.05, 0.1) is 12.1 Å². The summed E-state index contributed by atoms with van der Waals surface area (Å²) in [5, 5.41) is 0.931. The van der Waals surface area contributed by atoms with Gasteiger partial charge in [-0.05, 0) is 56.2 Å². The van der Waals surface area contributed by atoms with Gasteiger partial charge in [-0.15, -0.1) is 11.3 Å². The van der Waals surface area contributed by atoms with Gasteiger partial charge in [-0.25, -0.2) is 9.37 Å². The second-order valence-corrected chi connectivity index (χ2v) is 8.47. The Balaban J connectivity index is 1.57. The van der Waals surface area contributed by atoms with E-state index < -0.39 is 0 Å². The van der Waals surface area contributed by atoms with Crippen LogP contribution in [0.4, 0.5) is 4.39 Å². The molecule has 6 heteroatoms. The molecule has 0 spiro atoms. The number of Topliss-reactive ketones (excluding diaryl/α,β-unsaturated/α-hetero) is 1. The van der Waals surface area contributed by atoms with Gasteiger partial charge in [-0.1, -0.05) is 19.1 Å². The number of pyridine rings is 2. The van der Waals surface area contributed by atoms with Crippen LogP contribution >= 0.6 is 11.3 Å². The van der Waals surface area contributed by atoms with Crippen LogP contribution in [0.1, 0.15) is 39.1 Å². The number of rotatable bonds is 6. The van der Waals surface area contributed by atoms with Crippen LogP contribution in [-0.2, 0) is 12.8 Å². The number of ketones is 1. The third-order valence-corrected chi connectivity index (χ3v) is 6.43. The average Bonchev–Trinajstić information content (AvgIpc) is 3.21. The fourth-order valence-electron chi connectivity index (χ4n) is 3.37. The van der Waals surface area contributed by atoms with E-state index >= 15 is 0 Å². The van der Waals surface area contributed by atoms with E-state index in [0.717, 1.165) is 33.9 Å². The zero-order chi connectivity index (χ0) is 22.0. The molecule has 0 saturated carbocycles. The third kappa shape index (κ3) is 4.44. The zero-order valence-corrected chi connectivity index (χ0v) is 18.5. The van der Waals surface area contributed by atoms with Gasteiger partial charge in [0, 0.05) is 45.3 Å². The predicted octanol–water partition coefficient (Wildman–Crippen LogP) is 6.01. The first-order valence-electron chi connectivity index (χ1n) is 10.1. The van der Waals surface area contributed by atoms with Crippen molar-refractivity contribution in [3.05, 3.63) is 88.1 Å². The van der Waals surface area contributed by atoms with E-state index in [0.29, 0.717) is 16.8 Å². The van der Waals surface area contributed by atoms with Crippen LogP contribution in [-0.4, -0.2) is 20.7 Å². The lowest BCUT2D eigenvalue weighted by atomic mass is 10.0. The number of thiazole rings is 1. The van der Waals surface area contributed by atoms with Crippen LogP contribution in [0, 0.1) is 19.7 Å². The first kappa shape index (κ1) is 21.0. The highest BCUT2D eigenvalue weighted by Crippen LogP contribution is 2.34. The number of hydrogen-bond donors (Lipinski definition) is 0. The van der Waals surface area contributed by atoms with Gasteiger partial charge in [0.2, 0.25) is 0 Å². The summed E-state index contributed by atoms with van der Waals surface area (Å²) in [6.07, 6.45) is 4.60. The van der Waals surface area contributed by atoms with Crippen LogP contribution in [0.5, 0.6) is 0 Å². The Morgan fingerprint density at radius 1 is 1.00 bits per heavy atom. The van der Waals surface area contributed by atoms with Crippen molar-refractivity contribution in [1.82, 2.24) is 15.0 Å². The third-order valence-electron chi connectivity index (χ3n) is 5.18. The summed E-state index contributed by atoms with van der Waals surface area (Å²) in [6, 6.07) is 12.4. The zero-order valence-electron chi connectivity index (χ0n) is 17.6. The van der Waals surface area contributed by atoms with E-state index in [-0.39, 0.29) is 18.0 Å². The minimum absolute atomic E-state index is 0.128. The van der Waals surface area contributed by atoms with Crippen LogP contribution < -0.4 is 0 Å². The van der Waals surface area contributed by atoms with Crippen molar-refractivity contribution >= 4 is 17.1 Å². The largest absolute Gasteiger partial charge is 0.294 e. The fourth-order valence-corrected chi connectivity index (χ4v) is 4.39. The van der Waals surface area contributed by atoms with Crippen molar-refractivity contribution in [1.29, 1.82) is 0 Å². The molecule has 0 amide bonds. The van der Waals surface area contributed by atoms with Crippen LogP contribution in [0.2, 0.25) is 0 Å². The molecule has 0 bridgehead atoms. The highest BCUT2D eigenvalue weighted by Gasteiger charge is 2.16. The molecule has 0 fully saturated rings. The van der Waals surface area contributed by atoms with Crippen molar-refractivity contribution in [3.8, 4) is 21.8 Å². The van der Waals surface area contributed by atoms with Crippen molar-refractivity contribution < 1.29 is 9.18 Å². The summed E-state index contributed by atoms with van der Waals surface area (Å²) in [5.41, 5.74) is 5.21. The minimum atomic E-state index is -0.371. The highest BCUT2D eigenvalue weighted by atomic mass is 32.1. The summed E-state index contributed by atoms with van der Waals surface area (Å²) in [6.45, 7) is 5.69. The van der Waals surface area contributed by atoms with Gasteiger partial charge >= 0.3 is 0 Å². The molecule has 4 nitrogen and oxygen atoms in total. The quantitative estimate of drug-likeness (QED) is 0.351. The lowest BCUT2D eigenvalue weighted by molar-refractivity contribution is 0.0991. The first-order chi connectivity index (χ1) is 15.0. The Morgan fingerprint density at radius 3 is 2.45 bits per heavy atom. The Bertz CT molecular complexity index is 1230. The Morgan fingerprint density at radius 2 is 1.77 bits per heavy atom. The van der Waals surface area contributed by atoms with Crippen LogP contribution in [0.15, 0.2) is 54.9 Å². The fraction of sp³-hybridized carbons (Fsp3) is 0.200. The molecular formula is C25H22FN3OS. The number of halogens is 1. The molecule has 3 heterocycles. The molecular weight excluding hydrogens is 409 g/mol. The normalized spacial score (nSPS) is 11.0. The Hall–Kier alpha value is -3.25. The first-order valence-corrected chi connectivity index (χ1v) is 10.9.